The van der Waals surface area contributed by atoms with Gasteiger partial charge in [0.2, 0.25) is 0 Å². The third-order valence-electron chi connectivity index (χ3n) is 3.99. The van der Waals surface area contributed by atoms with Crippen molar-refractivity contribution in [2.45, 2.75) is 58.3 Å². The van der Waals surface area contributed by atoms with E-state index in [0.717, 1.165) is 43.3 Å². The molecular formula is C19H32IN3O2. The van der Waals surface area contributed by atoms with Crippen molar-refractivity contribution in [2.24, 2.45) is 4.99 Å². The van der Waals surface area contributed by atoms with Crippen LogP contribution in [-0.4, -0.2) is 37.4 Å². The molecular weight excluding hydrogens is 429 g/mol. The topological polar surface area (TPSA) is 54.9 Å². The Hall–Kier alpha value is -1.02. The molecule has 6 heteroatoms. The lowest BCUT2D eigenvalue weighted by atomic mass is 10.0. The van der Waals surface area contributed by atoms with Crippen LogP contribution < -0.4 is 15.4 Å². The Morgan fingerprint density at radius 3 is 2.60 bits per heavy atom. The Morgan fingerprint density at radius 2 is 2.00 bits per heavy atom. The van der Waals surface area contributed by atoms with E-state index in [9.17, 15) is 0 Å². The van der Waals surface area contributed by atoms with Crippen molar-refractivity contribution in [3.8, 4) is 5.75 Å². The highest BCUT2D eigenvalue weighted by Gasteiger charge is 2.29. The Morgan fingerprint density at radius 1 is 1.28 bits per heavy atom. The minimum Gasteiger partial charge on any atom is -0.488 e. The lowest BCUT2D eigenvalue weighted by Crippen LogP contribution is -2.45. The smallest absolute Gasteiger partial charge is 0.191 e. The second kappa shape index (κ2) is 9.62. The molecule has 1 aliphatic rings. The summed E-state index contributed by atoms with van der Waals surface area (Å²) in [5.74, 6) is 1.68. The molecule has 1 aromatic carbocycles. The third-order valence-corrected chi connectivity index (χ3v) is 3.99. The number of aliphatic imine (C=N–C) groups is 1. The number of halogens is 1. The standard InChI is InChI=1S/C19H31N3O2.HI/c1-18(2,3)24-16-10-7-6-9-15(16)13-21-17(20-5)22-14-19(4)11-8-12-23-19;/h6-7,9-10H,8,11-14H2,1-5H3,(H2,20,21,22);1H. The average molecular weight is 461 g/mol. The maximum atomic E-state index is 6.04. The van der Waals surface area contributed by atoms with E-state index < -0.39 is 0 Å². The van der Waals surface area contributed by atoms with Gasteiger partial charge in [0.1, 0.15) is 11.4 Å². The van der Waals surface area contributed by atoms with Gasteiger partial charge in [0.25, 0.3) is 0 Å². The molecule has 1 saturated heterocycles. The van der Waals surface area contributed by atoms with Crippen molar-refractivity contribution >= 4 is 29.9 Å². The third kappa shape index (κ3) is 7.40. The highest BCUT2D eigenvalue weighted by Crippen LogP contribution is 2.24. The molecule has 1 heterocycles. The fourth-order valence-corrected chi connectivity index (χ4v) is 2.73. The number of nitrogens with one attached hydrogen (secondary N) is 2. The number of guanidine groups is 1. The molecule has 2 rings (SSSR count). The zero-order valence-corrected chi connectivity index (χ0v) is 18.3. The van der Waals surface area contributed by atoms with Crippen molar-refractivity contribution in [3.63, 3.8) is 0 Å². The summed E-state index contributed by atoms with van der Waals surface area (Å²) in [5.41, 5.74) is 0.800. The number of benzene rings is 1. The van der Waals surface area contributed by atoms with Crippen LogP contribution in [-0.2, 0) is 11.3 Å². The largest absolute Gasteiger partial charge is 0.488 e. The lowest BCUT2D eigenvalue weighted by molar-refractivity contribution is 0.0242. The van der Waals surface area contributed by atoms with Gasteiger partial charge >= 0.3 is 0 Å². The normalized spacial score (nSPS) is 20.8. The van der Waals surface area contributed by atoms with Gasteiger partial charge in [-0.1, -0.05) is 18.2 Å². The van der Waals surface area contributed by atoms with Crippen LogP contribution >= 0.6 is 24.0 Å². The first kappa shape index (κ1) is 22.0. The first-order chi connectivity index (χ1) is 11.3. The number of hydrogen-bond donors (Lipinski definition) is 2. The fraction of sp³-hybridized carbons (Fsp3) is 0.632. The van der Waals surface area contributed by atoms with Gasteiger partial charge in [-0.05, 0) is 46.6 Å². The Kier molecular flexibility index (Phi) is 8.47. The summed E-state index contributed by atoms with van der Waals surface area (Å²) < 4.78 is 11.8. The summed E-state index contributed by atoms with van der Waals surface area (Å²) >= 11 is 0. The molecule has 25 heavy (non-hydrogen) atoms. The number of ether oxygens (including phenoxy) is 2. The van der Waals surface area contributed by atoms with E-state index in [-0.39, 0.29) is 35.2 Å². The molecule has 1 unspecified atom stereocenters. The monoisotopic (exact) mass is 461 g/mol. The second-order valence-electron chi connectivity index (χ2n) is 7.50. The molecule has 0 spiro atoms. The number of para-hydroxylation sites is 1. The summed E-state index contributed by atoms with van der Waals surface area (Å²) in [6.45, 7) is 10.6. The molecule has 1 fully saturated rings. The van der Waals surface area contributed by atoms with Crippen molar-refractivity contribution in [1.82, 2.24) is 10.6 Å². The molecule has 1 aliphatic heterocycles. The van der Waals surface area contributed by atoms with E-state index in [1.807, 2.05) is 18.2 Å². The molecule has 0 saturated carbocycles. The summed E-state index contributed by atoms with van der Waals surface area (Å²) in [6, 6.07) is 8.10. The van der Waals surface area contributed by atoms with Gasteiger partial charge in [-0.25, -0.2) is 0 Å². The summed E-state index contributed by atoms with van der Waals surface area (Å²) in [4.78, 5) is 4.30. The summed E-state index contributed by atoms with van der Waals surface area (Å²) in [7, 11) is 1.78. The summed E-state index contributed by atoms with van der Waals surface area (Å²) in [5, 5.41) is 6.72. The molecule has 2 N–H and O–H groups in total. The lowest BCUT2D eigenvalue weighted by Gasteiger charge is -2.25. The highest BCUT2D eigenvalue weighted by atomic mass is 127. The zero-order chi connectivity index (χ0) is 17.6. The molecule has 142 valence electrons. The predicted molar refractivity (Wildman–Crippen MR) is 114 cm³/mol. The van der Waals surface area contributed by atoms with E-state index in [2.05, 4.69) is 49.4 Å². The van der Waals surface area contributed by atoms with Crippen LogP contribution in [0.15, 0.2) is 29.3 Å². The molecule has 1 aromatic rings. The van der Waals surface area contributed by atoms with Gasteiger partial charge in [-0.3, -0.25) is 4.99 Å². The molecule has 0 aromatic heterocycles. The number of hydrogen-bond acceptors (Lipinski definition) is 3. The first-order valence-electron chi connectivity index (χ1n) is 8.67. The van der Waals surface area contributed by atoms with Crippen LogP contribution in [0.2, 0.25) is 0 Å². The highest BCUT2D eigenvalue weighted by molar-refractivity contribution is 14.0. The van der Waals surface area contributed by atoms with Gasteiger partial charge in [0, 0.05) is 32.3 Å². The van der Waals surface area contributed by atoms with Crippen LogP contribution in [0.1, 0.15) is 46.1 Å². The maximum absolute atomic E-state index is 6.04. The number of nitrogens with zero attached hydrogens (tertiary/aromatic N) is 1. The van der Waals surface area contributed by atoms with Crippen LogP contribution in [0.3, 0.4) is 0 Å². The minimum absolute atomic E-state index is 0. The van der Waals surface area contributed by atoms with Gasteiger partial charge < -0.3 is 20.1 Å². The van der Waals surface area contributed by atoms with Crippen LogP contribution in [0.5, 0.6) is 5.75 Å². The molecule has 5 nitrogen and oxygen atoms in total. The van der Waals surface area contributed by atoms with E-state index in [1.54, 1.807) is 7.05 Å². The average Bonchev–Trinajstić information content (AvgIpc) is 2.94. The van der Waals surface area contributed by atoms with Gasteiger partial charge in [-0.2, -0.15) is 0 Å². The van der Waals surface area contributed by atoms with Gasteiger partial charge in [-0.15, -0.1) is 24.0 Å². The van der Waals surface area contributed by atoms with Crippen LogP contribution in [0.25, 0.3) is 0 Å². The van der Waals surface area contributed by atoms with Crippen molar-refractivity contribution in [3.05, 3.63) is 29.8 Å². The van der Waals surface area contributed by atoms with E-state index in [4.69, 9.17) is 9.47 Å². The predicted octanol–water partition coefficient (Wildman–Crippen LogP) is 3.72. The fourth-order valence-electron chi connectivity index (χ4n) is 2.73. The minimum atomic E-state index is -0.218. The van der Waals surface area contributed by atoms with E-state index in [1.165, 1.54) is 0 Å². The van der Waals surface area contributed by atoms with Crippen LogP contribution in [0, 0.1) is 0 Å². The quantitative estimate of drug-likeness (QED) is 0.399. The van der Waals surface area contributed by atoms with Crippen molar-refractivity contribution in [2.75, 3.05) is 20.2 Å². The van der Waals surface area contributed by atoms with Crippen molar-refractivity contribution in [1.29, 1.82) is 0 Å². The summed E-state index contributed by atoms with van der Waals surface area (Å²) in [6.07, 6.45) is 2.21. The Labute approximate surface area is 169 Å². The Balaban J connectivity index is 0.00000312. The molecule has 0 aliphatic carbocycles. The molecule has 0 amide bonds. The molecule has 0 bridgehead atoms. The maximum Gasteiger partial charge on any atom is 0.191 e. The Bertz CT molecular complexity index is 564. The van der Waals surface area contributed by atoms with Gasteiger partial charge in [0.05, 0.1) is 5.60 Å². The van der Waals surface area contributed by atoms with Gasteiger partial charge in [0.15, 0.2) is 5.96 Å². The first-order valence-corrected chi connectivity index (χ1v) is 8.67. The van der Waals surface area contributed by atoms with E-state index in [0.29, 0.717) is 6.54 Å². The van der Waals surface area contributed by atoms with Crippen molar-refractivity contribution < 1.29 is 9.47 Å². The van der Waals surface area contributed by atoms with E-state index >= 15 is 0 Å². The van der Waals surface area contributed by atoms with Crippen LogP contribution in [0.4, 0.5) is 0 Å². The molecule has 0 radical (unpaired) electrons. The number of rotatable bonds is 5. The molecule has 1 atom stereocenters. The SMILES string of the molecule is CN=C(NCc1ccccc1OC(C)(C)C)NCC1(C)CCCO1.I. The second-order valence-corrected chi connectivity index (χ2v) is 7.50. The zero-order valence-electron chi connectivity index (χ0n) is 16.0.